The quantitative estimate of drug-likeness (QED) is 0.845. The summed E-state index contributed by atoms with van der Waals surface area (Å²) < 4.78 is 0. The predicted octanol–water partition coefficient (Wildman–Crippen LogP) is 2.57. The van der Waals surface area contributed by atoms with Crippen LogP contribution in [-0.4, -0.2) is 4.98 Å². The van der Waals surface area contributed by atoms with Crippen LogP contribution in [0, 0.1) is 11.3 Å². The lowest BCUT2D eigenvalue weighted by molar-refractivity contribution is 1.13. The summed E-state index contributed by atoms with van der Waals surface area (Å²) in [6.07, 6.45) is 3.26. The third-order valence-electron chi connectivity index (χ3n) is 2.21. The van der Waals surface area contributed by atoms with Gasteiger partial charge in [-0.05, 0) is 11.6 Å². The second-order valence-electron chi connectivity index (χ2n) is 3.41. The minimum atomic E-state index is 0.568. The zero-order valence-corrected chi connectivity index (χ0v) is 8.72. The Balaban J connectivity index is 2.03. The summed E-state index contributed by atoms with van der Waals surface area (Å²) in [5.41, 5.74) is 2.63. The van der Waals surface area contributed by atoms with Gasteiger partial charge in [-0.3, -0.25) is 4.98 Å². The lowest BCUT2D eigenvalue weighted by Crippen LogP contribution is -1.99. The van der Waals surface area contributed by atoms with Gasteiger partial charge in [-0.15, -0.1) is 0 Å². The number of nitrogens with zero attached hydrogens (tertiary/aromatic N) is 2. The van der Waals surface area contributed by atoms with Crippen LogP contribution in [0.15, 0.2) is 48.8 Å². The van der Waals surface area contributed by atoms with Crippen molar-refractivity contribution in [3.63, 3.8) is 0 Å². The maximum Gasteiger partial charge on any atom is 0.101 e. The second-order valence-corrected chi connectivity index (χ2v) is 3.41. The summed E-state index contributed by atoms with van der Waals surface area (Å²) in [5, 5.41) is 12.0. The molecule has 2 aromatic rings. The van der Waals surface area contributed by atoms with E-state index in [1.54, 1.807) is 18.5 Å². The maximum absolute atomic E-state index is 8.73. The van der Waals surface area contributed by atoms with Crippen LogP contribution >= 0.6 is 0 Å². The largest absolute Gasteiger partial charge is 0.380 e. The Bertz CT molecular complexity index is 500. The van der Waals surface area contributed by atoms with Gasteiger partial charge in [0, 0.05) is 12.7 Å². The first-order valence-electron chi connectivity index (χ1n) is 5.01. The van der Waals surface area contributed by atoms with Crippen LogP contribution < -0.4 is 5.32 Å². The summed E-state index contributed by atoms with van der Waals surface area (Å²) in [6.45, 7) is 0.734. The zero-order valence-electron chi connectivity index (χ0n) is 8.72. The lowest BCUT2D eigenvalue weighted by atomic mass is 10.2. The van der Waals surface area contributed by atoms with E-state index in [2.05, 4.69) is 28.5 Å². The SMILES string of the molecule is N#Cc1cncc(NCc2ccccc2)c1. The molecule has 1 aromatic carbocycles. The normalized spacial score (nSPS) is 9.44. The molecular weight excluding hydrogens is 198 g/mol. The van der Waals surface area contributed by atoms with E-state index in [4.69, 9.17) is 5.26 Å². The van der Waals surface area contributed by atoms with Crippen molar-refractivity contribution in [3.8, 4) is 6.07 Å². The molecule has 0 atom stereocenters. The monoisotopic (exact) mass is 209 g/mol. The Hall–Kier alpha value is -2.34. The number of benzene rings is 1. The van der Waals surface area contributed by atoms with Crippen LogP contribution in [0.4, 0.5) is 5.69 Å². The van der Waals surface area contributed by atoms with Crippen LogP contribution in [0.3, 0.4) is 0 Å². The zero-order chi connectivity index (χ0) is 11.2. The first kappa shape index (κ1) is 10.2. The fraction of sp³-hybridized carbons (Fsp3) is 0.0769. The van der Waals surface area contributed by atoms with Crippen LogP contribution in [0.5, 0.6) is 0 Å². The van der Waals surface area contributed by atoms with E-state index in [9.17, 15) is 0 Å². The second kappa shape index (κ2) is 4.94. The van der Waals surface area contributed by atoms with E-state index in [1.165, 1.54) is 5.56 Å². The fourth-order valence-electron chi connectivity index (χ4n) is 1.40. The van der Waals surface area contributed by atoms with Crippen molar-refractivity contribution in [2.45, 2.75) is 6.54 Å². The molecule has 0 fully saturated rings. The number of hydrogen-bond donors (Lipinski definition) is 1. The van der Waals surface area contributed by atoms with Gasteiger partial charge in [0.25, 0.3) is 0 Å². The van der Waals surface area contributed by atoms with Gasteiger partial charge in [-0.25, -0.2) is 0 Å². The van der Waals surface area contributed by atoms with E-state index >= 15 is 0 Å². The molecule has 0 unspecified atom stereocenters. The van der Waals surface area contributed by atoms with Gasteiger partial charge >= 0.3 is 0 Å². The number of nitrogens with one attached hydrogen (secondary N) is 1. The van der Waals surface area contributed by atoms with Gasteiger partial charge < -0.3 is 5.32 Å². The van der Waals surface area contributed by atoms with E-state index in [1.807, 2.05) is 18.2 Å². The summed E-state index contributed by atoms with van der Waals surface area (Å²) in [7, 11) is 0. The van der Waals surface area contributed by atoms with E-state index in [0.717, 1.165) is 12.2 Å². The molecule has 16 heavy (non-hydrogen) atoms. The van der Waals surface area contributed by atoms with E-state index in [0.29, 0.717) is 5.56 Å². The van der Waals surface area contributed by atoms with Crippen LogP contribution in [0.2, 0.25) is 0 Å². The molecule has 2 rings (SSSR count). The molecule has 1 aromatic heterocycles. The highest BCUT2D eigenvalue weighted by Gasteiger charge is 1.95. The highest BCUT2D eigenvalue weighted by atomic mass is 14.9. The smallest absolute Gasteiger partial charge is 0.101 e. The third kappa shape index (κ3) is 2.58. The molecule has 0 saturated heterocycles. The molecule has 0 spiro atoms. The maximum atomic E-state index is 8.73. The van der Waals surface area contributed by atoms with Crippen LogP contribution in [0.25, 0.3) is 0 Å². The summed E-state index contributed by atoms with van der Waals surface area (Å²) >= 11 is 0. The lowest BCUT2D eigenvalue weighted by Gasteiger charge is -2.05. The van der Waals surface area contributed by atoms with Crippen molar-refractivity contribution >= 4 is 5.69 Å². The van der Waals surface area contributed by atoms with Gasteiger partial charge in [-0.2, -0.15) is 5.26 Å². The van der Waals surface area contributed by atoms with Crippen LogP contribution in [-0.2, 0) is 6.54 Å². The molecule has 0 aliphatic heterocycles. The van der Waals surface area contributed by atoms with Crippen molar-refractivity contribution in [1.29, 1.82) is 5.26 Å². The fourth-order valence-corrected chi connectivity index (χ4v) is 1.40. The van der Waals surface area contributed by atoms with Crippen molar-refractivity contribution in [2.24, 2.45) is 0 Å². The Morgan fingerprint density at radius 3 is 2.75 bits per heavy atom. The first-order chi connectivity index (χ1) is 7.88. The highest BCUT2D eigenvalue weighted by Crippen LogP contribution is 2.09. The topological polar surface area (TPSA) is 48.7 Å². The average Bonchev–Trinajstić information content (AvgIpc) is 2.38. The van der Waals surface area contributed by atoms with E-state index in [-0.39, 0.29) is 0 Å². The number of pyridine rings is 1. The number of aromatic nitrogens is 1. The molecule has 0 aliphatic rings. The molecule has 1 heterocycles. The molecule has 3 nitrogen and oxygen atoms in total. The summed E-state index contributed by atoms with van der Waals surface area (Å²) in [4.78, 5) is 3.98. The molecule has 0 bridgehead atoms. The number of nitriles is 1. The summed E-state index contributed by atoms with van der Waals surface area (Å²) in [5.74, 6) is 0. The molecule has 0 saturated carbocycles. The minimum Gasteiger partial charge on any atom is -0.380 e. The number of anilines is 1. The van der Waals surface area contributed by atoms with Crippen molar-refractivity contribution < 1.29 is 0 Å². The van der Waals surface area contributed by atoms with Gasteiger partial charge in [0.05, 0.1) is 17.4 Å². The molecule has 78 valence electrons. The van der Waals surface area contributed by atoms with Gasteiger partial charge in [0.2, 0.25) is 0 Å². The predicted molar refractivity (Wildman–Crippen MR) is 62.7 cm³/mol. The van der Waals surface area contributed by atoms with Gasteiger partial charge in [-0.1, -0.05) is 30.3 Å². The Kier molecular flexibility index (Phi) is 3.15. The molecule has 3 heteroatoms. The first-order valence-corrected chi connectivity index (χ1v) is 5.01. The van der Waals surface area contributed by atoms with Crippen molar-refractivity contribution in [1.82, 2.24) is 4.98 Å². The van der Waals surface area contributed by atoms with Crippen LogP contribution in [0.1, 0.15) is 11.1 Å². The Morgan fingerprint density at radius 1 is 1.19 bits per heavy atom. The third-order valence-corrected chi connectivity index (χ3v) is 2.21. The Labute approximate surface area is 94.4 Å². The molecule has 0 radical (unpaired) electrons. The van der Waals surface area contributed by atoms with Gasteiger partial charge in [0.15, 0.2) is 0 Å². The van der Waals surface area contributed by atoms with E-state index < -0.39 is 0 Å². The molecule has 0 aliphatic carbocycles. The van der Waals surface area contributed by atoms with Gasteiger partial charge in [0.1, 0.15) is 6.07 Å². The van der Waals surface area contributed by atoms with Crippen molar-refractivity contribution in [3.05, 3.63) is 59.9 Å². The highest BCUT2D eigenvalue weighted by molar-refractivity contribution is 5.46. The standard InChI is InChI=1S/C13H11N3/c14-7-12-6-13(10-15-8-12)16-9-11-4-2-1-3-5-11/h1-6,8,10,16H,9H2. The van der Waals surface area contributed by atoms with Crippen molar-refractivity contribution in [2.75, 3.05) is 5.32 Å². The average molecular weight is 209 g/mol. The minimum absolute atomic E-state index is 0.568. The molecule has 0 amide bonds. The Morgan fingerprint density at radius 2 is 2.00 bits per heavy atom. The molecular formula is C13H11N3. The summed E-state index contributed by atoms with van der Waals surface area (Å²) in [6, 6.07) is 13.9. The number of rotatable bonds is 3. The number of hydrogen-bond acceptors (Lipinski definition) is 3. The molecule has 1 N–H and O–H groups in total.